The van der Waals surface area contributed by atoms with E-state index in [1.807, 2.05) is 14.1 Å². The average Bonchev–Trinajstić information content (AvgIpc) is 3.20. The molecule has 0 atom stereocenters. The third-order valence-electron chi connectivity index (χ3n) is 10.3. The van der Waals surface area contributed by atoms with Gasteiger partial charge in [-0.15, -0.1) is 0 Å². The molecule has 0 rings (SSSR count). The van der Waals surface area contributed by atoms with Gasteiger partial charge in [-0.05, 0) is 84.8 Å². The summed E-state index contributed by atoms with van der Waals surface area (Å²) in [6.45, 7) is 9.60. The minimum Gasteiger partial charge on any atom is -0.462 e. The third-order valence-corrected chi connectivity index (χ3v) is 10.3. The van der Waals surface area contributed by atoms with Crippen molar-refractivity contribution in [3.8, 4) is 0 Å². The maximum atomic E-state index is 12.6. The van der Waals surface area contributed by atoms with Crippen molar-refractivity contribution in [2.75, 3.05) is 60.1 Å². The molecule has 9 heteroatoms. The molecule has 0 amide bonds. The molecule has 0 aromatic rings. The first-order chi connectivity index (χ1) is 27.8. The van der Waals surface area contributed by atoms with Gasteiger partial charge in [0.2, 0.25) is 0 Å². The molecule has 0 aromatic heterocycles. The standard InChI is InChI=1S/C48H90N2O7/c1-6-9-11-13-15-17-19-21-23-25-27-29-31-33-35-37-46(51)55-43-45(57-48(53)54-42-41-50(8-3)40-39-49(4)5)44-56-47(52)38-36-34-32-30-28-26-24-22-20-18-16-14-12-10-7-2/h21-24,45H,6-20,25-44H2,1-5H3/b23-21-,24-22-. The maximum Gasteiger partial charge on any atom is 0.508 e. The van der Waals surface area contributed by atoms with E-state index in [4.69, 9.17) is 18.9 Å². The summed E-state index contributed by atoms with van der Waals surface area (Å²) in [7, 11) is 4.05. The van der Waals surface area contributed by atoms with Gasteiger partial charge in [0.05, 0.1) is 0 Å². The van der Waals surface area contributed by atoms with Crippen molar-refractivity contribution in [3.05, 3.63) is 24.3 Å². The third kappa shape index (κ3) is 41.6. The fraction of sp³-hybridized carbons (Fsp3) is 0.854. The molecule has 0 spiro atoms. The summed E-state index contributed by atoms with van der Waals surface area (Å²) in [4.78, 5) is 42.0. The first-order valence-corrected chi connectivity index (χ1v) is 23.6. The molecule has 57 heavy (non-hydrogen) atoms. The molecule has 0 aromatic carbocycles. The van der Waals surface area contributed by atoms with Crippen LogP contribution in [0.1, 0.15) is 201 Å². The molecule has 0 unspecified atom stereocenters. The molecule has 0 aliphatic heterocycles. The number of hydrogen-bond acceptors (Lipinski definition) is 9. The van der Waals surface area contributed by atoms with Crippen LogP contribution in [0.3, 0.4) is 0 Å². The van der Waals surface area contributed by atoms with Crippen molar-refractivity contribution < 1.29 is 33.3 Å². The van der Waals surface area contributed by atoms with Crippen LogP contribution in [0.15, 0.2) is 24.3 Å². The van der Waals surface area contributed by atoms with Crippen molar-refractivity contribution in [1.82, 2.24) is 9.80 Å². The number of nitrogens with zero attached hydrogens (tertiary/aromatic N) is 2. The van der Waals surface area contributed by atoms with Gasteiger partial charge >= 0.3 is 18.1 Å². The van der Waals surface area contributed by atoms with Crippen LogP contribution in [0.25, 0.3) is 0 Å². The molecule has 0 fully saturated rings. The van der Waals surface area contributed by atoms with E-state index in [2.05, 4.69) is 54.9 Å². The predicted molar refractivity (Wildman–Crippen MR) is 238 cm³/mol. The van der Waals surface area contributed by atoms with Crippen molar-refractivity contribution in [1.29, 1.82) is 0 Å². The van der Waals surface area contributed by atoms with E-state index in [0.717, 1.165) is 83.8 Å². The Hall–Kier alpha value is -2.39. The number of allylic oxidation sites excluding steroid dienone is 4. The molecule has 0 saturated carbocycles. The zero-order chi connectivity index (χ0) is 41.9. The molecular weight excluding hydrogens is 717 g/mol. The van der Waals surface area contributed by atoms with Gasteiger partial charge in [0.1, 0.15) is 19.8 Å². The Bertz CT molecular complexity index is 914. The zero-order valence-corrected chi connectivity index (χ0v) is 37.9. The Kier molecular flexibility index (Phi) is 41.4. The van der Waals surface area contributed by atoms with Crippen LogP contribution in [0.5, 0.6) is 0 Å². The lowest BCUT2D eigenvalue weighted by Gasteiger charge is -2.22. The fourth-order valence-electron chi connectivity index (χ4n) is 6.51. The van der Waals surface area contributed by atoms with E-state index < -0.39 is 12.3 Å². The van der Waals surface area contributed by atoms with E-state index >= 15 is 0 Å². The van der Waals surface area contributed by atoms with Crippen LogP contribution < -0.4 is 0 Å². The minimum absolute atomic E-state index is 0.177. The summed E-state index contributed by atoms with van der Waals surface area (Å²) in [6.07, 6.45) is 39.1. The van der Waals surface area contributed by atoms with Gasteiger partial charge in [-0.2, -0.15) is 0 Å². The number of carbonyl (C=O) groups excluding carboxylic acids is 3. The van der Waals surface area contributed by atoms with Gasteiger partial charge in [-0.25, -0.2) is 4.79 Å². The Morgan fingerprint density at radius 1 is 0.474 bits per heavy atom. The molecule has 9 nitrogen and oxygen atoms in total. The van der Waals surface area contributed by atoms with Crippen LogP contribution >= 0.6 is 0 Å². The largest absolute Gasteiger partial charge is 0.508 e. The number of unbranched alkanes of at least 4 members (excludes halogenated alkanes) is 22. The number of likely N-dealkylation sites (N-methyl/N-ethyl adjacent to an activating group) is 2. The molecule has 0 bridgehead atoms. The molecular formula is C48H90N2O7. The van der Waals surface area contributed by atoms with Crippen molar-refractivity contribution in [3.63, 3.8) is 0 Å². The Balaban J connectivity index is 4.42. The van der Waals surface area contributed by atoms with Crippen molar-refractivity contribution in [2.45, 2.75) is 207 Å². The second-order valence-corrected chi connectivity index (χ2v) is 16.1. The summed E-state index contributed by atoms with van der Waals surface area (Å²) in [6, 6.07) is 0. The lowest BCUT2D eigenvalue weighted by atomic mass is 10.1. The first-order valence-electron chi connectivity index (χ1n) is 23.6. The van der Waals surface area contributed by atoms with Gasteiger partial charge < -0.3 is 23.8 Å². The topological polar surface area (TPSA) is 94.6 Å². The lowest BCUT2D eigenvalue weighted by Crippen LogP contribution is -2.35. The van der Waals surface area contributed by atoms with Gasteiger partial charge in [0, 0.05) is 32.5 Å². The van der Waals surface area contributed by atoms with Gasteiger partial charge in [0.25, 0.3) is 0 Å². The van der Waals surface area contributed by atoms with Gasteiger partial charge in [0.15, 0.2) is 6.10 Å². The predicted octanol–water partition coefficient (Wildman–Crippen LogP) is 12.6. The summed E-state index contributed by atoms with van der Waals surface area (Å²) in [5.41, 5.74) is 0. The molecule has 334 valence electrons. The smallest absolute Gasteiger partial charge is 0.462 e. The summed E-state index contributed by atoms with van der Waals surface area (Å²) in [5.74, 6) is -0.678. The molecule has 0 radical (unpaired) electrons. The monoisotopic (exact) mass is 807 g/mol. The molecule has 0 saturated heterocycles. The van der Waals surface area contributed by atoms with E-state index in [-0.39, 0.29) is 31.8 Å². The maximum absolute atomic E-state index is 12.6. The fourth-order valence-corrected chi connectivity index (χ4v) is 6.51. The SMILES string of the molecule is CCCCCCCC/C=C\CCCCCCCC(=O)OCC(COC(=O)CCCCCCC/C=C\CCCCCCCC)OC(=O)OCCN(CC)CCN(C)C. The highest BCUT2D eigenvalue weighted by molar-refractivity contribution is 5.70. The van der Waals surface area contributed by atoms with E-state index in [1.54, 1.807) is 0 Å². The number of hydrogen-bond donors (Lipinski definition) is 0. The number of esters is 2. The minimum atomic E-state index is -0.926. The highest BCUT2D eigenvalue weighted by Gasteiger charge is 2.21. The summed E-state index contributed by atoms with van der Waals surface area (Å²) >= 11 is 0. The van der Waals surface area contributed by atoms with E-state index in [9.17, 15) is 14.4 Å². The highest BCUT2D eigenvalue weighted by Crippen LogP contribution is 2.13. The average molecular weight is 807 g/mol. The Labute approximate surface area is 351 Å². The van der Waals surface area contributed by atoms with Crippen LogP contribution in [0, 0.1) is 0 Å². The molecule has 0 aliphatic rings. The Morgan fingerprint density at radius 2 is 0.860 bits per heavy atom. The van der Waals surface area contributed by atoms with Crippen LogP contribution in [-0.2, 0) is 28.5 Å². The zero-order valence-electron chi connectivity index (χ0n) is 37.9. The highest BCUT2D eigenvalue weighted by atomic mass is 16.7. The van der Waals surface area contributed by atoms with Crippen LogP contribution in [0.4, 0.5) is 4.79 Å². The van der Waals surface area contributed by atoms with E-state index in [0.29, 0.717) is 19.4 Å². The lowest BCUT2D eigenvalue weighted by molar-refractivity contribution is -0.153. The number of ether oxygens (including phenoxy) is 4. The van der Waals surface area contributed by atoms with Crippen LogP contribution in [0.2, 0.25) is 0 Å². The molecule has 0 aliphatic carbocycles. The quantitative estimate of drug-likeness (QED) is 0.0259. The summed E-state index contributed by atoms with van der Waals surface area (Å²) < 4.78 is 21.8. The number of rotatable bonds is 42. The molecule has 0 N–H and O–H groups in total. The van der Waals surface area contributed by atoms with Gasteiger partial charge in [-0.3, -0.25) is 14.5 Å². The first kappa shape index (κ1) is 54.6. The normalized spacial score (nSPS) is 11.8. The van der Waals surface area contributed by atoms with E-state index in [1.165, 1.54) is 103 Å². The van der Waals surface area contributed by atoms with Gasteiger partial charge in [-0.1, -0.05) is 148 Å². The summed E-state index contributed by atoms with van der Waals surface area (Å²) in [5, 5.41) is 0. The second kappa shape index (κ2) is 43.2. The Morgan fingerprint density at radius 3 is 1.25 bits per heavy atom. The second-order valence-electron chi connectivity index (χ2n) is 16.1. The molecule has 0 heterocycles. The number of carbonyl (C=O) groups is 3. The van der Waals surface area contributed by atoms with Crippen molar-refractivity contribution in [2.24, 2.45) is 0 Å². The van der Waals surface area contributed by atoms with Crippen LogP contribution in [-0.4, -0.2) is 94.1 Å². The van der Waals surface area contributed by atoms with Crippen molar-refractivity contribution >= 4 is 18.1 Å².